The summed E-state index contributed by atoms with van der Waals surface area (Å²) in [7, 11) is 3.40. The molecule has 2 aliphatic rings. The zero-order valence-corrected chi connectivity index (χ0v) is 31.3. The number of nitrogens with zero attached hydrogens (tertiary/aromatic N) is 8. The second-order valence-corrected chi connectivity index (χ2v) is 14.9. The van der Waals surface area contributed by atoms with Crippen molar-refractivity contribution >= 4 is 34.9 Å². The Labute approximate surface area is 320 Å². The fourth-order valence-electron chi connectivity index (χ4n) is 7.85. The Balaban J connectivity index is 1.31. The Morgan fingerprint density at radius 3 is 2.46 bits per heavy atom. The molecule has 2 amide bonds. The fourth-order valence-corrected chi connectivity index (χ4v) is 8.08. The minimum absolute atomic E-state index is 0.0859. The van der Waals surface area contributed by atoms with E-state index in [0.717, 1.165) is 28.8 Å². The van der Waals surface area contributed by atoms with E-state index in [0.29, 0.717) is 36.6 Å². The van der Waals surface area contributed by atoms with Crippen molar-refractivity contribution in [2.24, 2.45) is 0 Å². The van der Waals surface area contributed by atoms with Crippen LogP contribution in [0.5, 0.6) is 5.75 Å². The molecule has 294 valence electrons. The van der Waals surface area contributed by atoms with Crippen LogP contribution in [0.15, 0.2) is 41.5 Å². The summed E-state index contributed by atoms with van der Waals surface area (Å²) < 4.78 is 73.0. The number of aromatic nitrogens is 6. The first-order valence-corrected chi connectivity index (χ1v) is 17.9. The molecule has 1 spiro atoms. The molecule has 19 heteroatoms. The molecule has 1 fully saturated rings. The van der Waals surface area contributed by atoms with Crippen LogP contribution < -0.4 is 10.9 Å². The number of benzene rings is 2. The monoisotopic (exact) mass is 799 g/mol. The number of hydrogen-bond donors (Lipinski definition) is 2. The van der Waals surface area contributed by atoms with Gasteiger partial charge >= 0.3 is 6.18 Å². The Morgan fingerprint density at radius 2 is 1.80 bits per heavy atom. The standard InChI is InChI=1S/C37H35ClF5N9O4/c1-18-14-36(7-9-50(10-8-36)34(56)29-31(54)19(2)44-17-45-29)28-30(18)51(16-27(53)46-26-6-5-21(12-23(26)38)37(41,42)43)35-47-32(48-52(35)33(28)55)22-13-24(39)20(11-25(22)40)15-49(3)4/h5-6,11-13,17-18,54H,7-10,14-16H2,1-4H3,(H,46,53). The number of halogens is 6. The zero-order valence-electron chi connectivity index (χ0n) is 30.5. The number of fused-ring (bicyclic) bond motifs is 3. The van der Waals surface area contributed by atoms with Crippen LogP contribution in [0.1, 0.15) is 70.7 Å². The second kappa shape index (κ2) is 14.2. The highest BCUT2D eigenvalue weighted by molar-refractivity contribution is 6.33. The van der Waals surface area contributed by atoms with Crippen molar-refractivity contribution in [2.45, 2.75) is 63.7 Å². The average Bonchev–Trinajstić information content (AvgIpc) is 3.69. The minimum atomic E-state index is -4.67. The zero-order chi connectivity index (χ0) is 40.4. The van der Waals surface area contributed by atoms with E-state index in [2.05, 4.69) is 25.4 Å². The summed E-state index contributed by atoms with van der Waals surface area (Å²) in [6, 6.07) is 4.45. The first-order valence-electron chi connectivity index (χ1n) is 17.5. The molecule has 2 aromatic carbocycles. The van der Waals surface area contributed by atoms with Crippen molar-refractivity contribution in [3.8, 4) is 17.1 Å². The van der Waals surface area contributed by atoms with Crippen LogP contribution in [-0.4, -0.2) is 83.0 Å². The number of carbonyl (C=O) groups is 2. The third kappa shape index (κ3) is 6.84. The summed E-state index contributed by atoms with van der Waals surface area (Å²) in [6.07, 6.45) is -2.42. The number of amides is 2. The molecule has 5 aromatic rings. The normalized spacial score (nSPS) is 16.6. The van der Waals surface area contributed by atoms with Crippen molar-refractivity contribution < 1.29 is 36.6 Å². The molecule has 1 saturated heterocycles. The lowest BCUT2D eigenvalue weighted by Crippen LogP contribution is -2.46. The number of anilines is 1. The second-order valence-electron chi connectivity index (χ2n) is 14.5. The number of hydrogen-bond acceptors (Lipinski definition) is 9. The molecule has 1 aliphatic heterocycles. The molecule has 1 unspecified atom stereocenters. The first-order chi connectivity index (χ1) is 26.4. The van der Waals surface area contributed by atoms with Gasteiger partial charge in [0.05, 0.1) is 27.5 Å². The quantitative estimate of drug-likeness (QED) is 0.198. The van der Waals surface area contributed by atoms with Crippen molar-refractivity contribution in [1.29, 1.82) is 0 Å². The van der Waals surface area contributed by atoms with Gasteiger partial charge in [-0.15, -0.1) is 5.10 Å². The highest BCUT2D eigenvalue weighted by atomic mass is 35.5. The lowest BCUT2D eigenvalue weighted by molar-refractivity contribution is -0.137. The summed E-state index contributed by atoms with van der Waals surface area (Å²) in [5, 5.41) is 17.0. The Hall–Kier alpha value is -5.49. The van der Waals surface area contributed by atoms with E-state index in [1.807, 2.05) is 6.92 Å². The number of rotatable bonds is 7. The molecule has 1 aliphatic carbocycles. The predicted octanol–water partition coefficient (Wildman–Crippen LogP) is 5.69. The van der Waals surface area contributed by atoms with Crippen LogP contribution in [0.25, 0.3) is 17.2 Å². The summed E-state index contributed by atoms with van der Waals surface area (Å²) in [6.45, 7) is 3.37. The smallest absolute Gasteiger partial charge is 0.416 e. The van der Waals surface area contributed by atoms with Gasteiger partial charge < -0.3 is 24.8 Å². The number of nitrogens with one attached hydrogen (secondary N) is 1. The highest BCUT2D eigenvalue weighted by Gasteiger charge is 2.49. The third-order valence-corrected chi connectivity index (χ3v) is 10.7. The van der Waals surface area contributed by atoms with Crippen molar-refractivity contribution in [3.63, 3.8) is 0 Å². The van der Waals surface area contributed by atoms with Gasteiger partial charge in [0.1, 0.15) is 24.5 Å². The van der Waals surface area contributed by atoms with E-state index in [-0.39, 0.29) is 76.1 Å². The Morgan fingerprint density at radius 1 is 1.09 bits per heavy atom. The van der Waals surface area contributed by atoms with Gasteiger partial charge in [-0.1, -0.05) is 18.5 Å². The van der Waals surface area contributed by atoms with Gasteiger partial charge in [0.2, 0.25) is 11.7 Å². The van der Waals surface area contributed by atoms with Crippen LogP contribution in [0, 0.1) is 18.6 Å². The van der Waals surface area contributed by atoms with E-state index in [1.165, 1.54) is 15.8 Å². The molecule has 0 bridgehead atoms. The SMILES string of the molecule is Cc1ncnc(C(=O)N2CCC3(CC2)CC(C)c2c3c(=O)n3nc(-c4cc(F)c(CN(C)C)cc4F)nc3n2CC(=O)Nc2ccc(C(F)(F)F)cc2Cl)c1O. The number of aromatic hydroxyl groups is 1. The molecule has 0 saturated carbocycles. The van der Waals surface area contributed by atoms with Crippen LogP contribution in [-0.2, 0) is 29.5 Å². The van der Waals surface area contributed by atoms with Gasteiger partial charge in [-0.2, -0.15) is 22.7 Å². The van der Waals surface area contributed by atoms with Gasteiger partial charge in [-0.3, -0.25) is 14.4 Å². The molecule has 3 aromatic heterocycles. The number of carbonyl (C=O) groups excluding carboxylic acids is 2. The van der Waals surface area contributed by atoms with Crippen molar-refractivity contribution in [1.82, 2.24) is 38.9 Å². The Bertz CT molecular complexity index is 2480. The maximum Gasteiger partial charge on any atom is 0.416 e. The Kier molecular flexibility index (Phi) is 9.85. The van der Waals surface area contributed by atoms with Gasteiger partial charge in [0, 0.05) is 41.9 Å². The lowest BCUT2D eigenvalue weighted by Gasteiger charge is -2.39. The van der Waals surface area contributed by atoms with Gasteiger partial charge in [0.15, 0.2) is 17.3 Å². The maximum atomic E-state index is 15.6. The van der Waals surface area contributed by atoms with E-state index >= 15 is 8.78 Å². The summed E-state index contributed by atoms with van der Waals surface area (Å²) in [4.78, 5) is 57.2. The van der Waals surface area contributed by atoms with Gasteiger partial charge in [-0.25, -0.2) is 18.7 Å². The average molecular weight is 800 g/mol. The number of aryl methyl sites for hydroxylation is 1. The predicted molar refractivity (Wildman–Crippen MR) is 193 cm³/mol. The summed E-state index contributed by atoms with van der Waals surface area (Å²) >= 11 is 6.13. The fraction of sp³-hybridized carbons (Fsp3) is 0.378. The molecule has 4 heterocycles. The topological polar surface area (TPSA) is 151 Å². The van der Waals surface area contributed by atoms with E-state index in [9.17, 15) is 32.7 Å². The van der Waals surface area contributed by atoms with Crippen LogP contribution in [0.2, 0.25) is 5.02 Å². The van der Waals surface area contributed by atoms with Crippen molar-refractivity contribution in [2.75, 3.05) is 32.5 Å². The largest absolute Gasteiger partial charge is 0.504 e. The third-order valence-electron chi connectivity index (χ3n) is 10.4. The molecule has 1 atom stereocenters. The van der Waals surface area contributed by atoms with Crippen LogP contribution in [0.4, 0.5) is 27.6 Å². The molecule has 56 heavy (non-hydrogen) atoms. The van der Waals surface area contributed by atoms with E-state index in [1.54, 1.807) is 25.9 Å². The molecule has 13 nitrogen and oxygen atoms in total. The van der Waals surface area contributed by atoms with Crippen molar-refractivity contribution in [3.05, 3.63) is 97.4 Å². The summed E-state index contributed by atoms with van der Waals surface area (Å²) in [5.74, 6) is -3.97. The van der Waals surface area contributed by atoms with Crippen LogP contribution in [0.3, 0.4) is 0 Å². The molecule has 0 radical (unpaired) electrons. The van der Waals surface area contributed by atoms with E-state index in [4.69, 9.17) is 11.6 Å². The maximum absolute atomic E-state index is 15.6. The number of alkyl halides is 3. The van der Waals surface area contributed by atoms with Gasteiger partial charge in [-0.05, 0) is 76.5 Å². The molecule has 7 rings (SSSR count). The number of piperidine rings is 1. The molecular weight excluding hydrogens is 765 g/mol. The van der Waals surface area contributed by atoms with Crippen LogP contribution >= 0.6 is 11.6 Å². The number of likely N-dealkylation sites (tertiary alicyclic amines) is 1. The molecule has 2 N–H and O–H groups in total. The molecular formula is C37H35ClF5N9O4. The summed E-state index contributed by atoms with van der Waals surface area (Å²) in [5.41, 5.74) is -1.90. The van der Waals surface area contributed by atoms with Gasteiger partial charge in [0.25, 0.3) is 11.5 Å². The highest BCUT2D eigenvalue weighted by Crippen LogP contribution is 2.50. The minimum Gasteiger partial charge on any atom is -0.504 e. The first kappa shape index (κ1) is 38.8. The lowest BCUT2D eigenvalue weighted by atomic mass is 9.73. The van der Waals surface area contributed by atoms with E-state index < -0.39 is 52.7 Å².